The summed E-state index contributed by atoms with van der Waals surface area (Å²) in [6.45, 7) is 0.315. The number of phenols is 1. The van der Waals surface area contributed by atoms with Crippen molar-refractivity contribution >= 4 is 0 Å². The third-order valence-corrected chi connectivity index (χ3v) is 2.46. The first-order valence-corrected chi connectivity index (χ1v) is 4.43. The Kier molecular flexibility index (Phi) is 2.19. The minimum absolute atomic E-state index is 0.201. The van der Waals surface area contributed by atoms with Gasteiger partial charge in [-0.25, -0.2) is 4.39 Å². The Labute approximate surface area is 76.4 Å². The van der Waals surface area contributed by atoms with Gasteiger partial charge < -0.3 is 10.4 Å². The van der Waals surface area contributed by atoms with E-state index in [9.17, 15) is 9.50 Å². The highest BCUT2D eigenvalue weighted by molar-refractivity contribution is 5.43. The Bertz CT molecular complexity index is 314. The summed E-state index contributed by atoms with van der Waals surface area (Å²) in [5.41, 5.74) is 1.79. The molecule has 0 spiro atoms. The van der Waals surface area contributed by atoms with Crippen LogP contribution in [0.15, 0.2) is 18.2 Å². The maximum atomic E-state index is 12.6. The molecule has 2 nitrogen and oxygen atoms in total. The van der Waals surface area contributed by atoms with Crippen LogP contribution in [0.2, 0.25) is 0 Å². The summed E-state index contributed by atoms with van der Waals surface area (Å²) in [7, 11) is 0. The lowest BCUT2D eigenvalue weighted by molar-refractivity contribution is 0.356. The Morgan fingerprint density at radius 2 is 2.38 bits per heavy atom. The zero-order chi connectivity index (χ0) is 9.26. The molecule has 1 atom stereocenters. The van der Waals surface area contributed by atoms with Gasteiger partial charge >= 0.3 is 0 Å². The second-order valence-electron chi connectivity index (χ2n) is 3.26. The first-order valence-electron chi connectivity index (χ1n) is 4.43. The molecule has 2 N–H and O–H groups in total. The number of halogens is 1. The van der Waals surface area contributed by atoms with Crippen molar-refractivity contribution in [1.82, 2.24) is 5.32 Å². The molecule has 0 saturated heterocycles. The van der Waals surface area contributed by atoms with Gasteiger partial charge in [0.1, 0.15) is 12.4 Å². The fourth-order valence-electron chi connectivity index (χ4n) is 1.83. The summed E-state index contributed by atoms with van der Waals surface area (Å²) in [4.78, 5) is 0. The van der Waals surface area contributed by atoms with Crippen LogP contribution in [0.25, 0.3) is 0 Å². The smallest absolute Gasteiger partial charge is 0.120 e. The molecule has 1 aromatic rings. The highest BCUT2D eigenvalue weighted by atomic mass is 19.1. The van der Waals surface area contributed by atoms with Crippen LogP contribution < -0.4 is 5.32 Å². The Balaban J connectivity index is 2.47. The van der Waals surface area contributed by atoms with E-state index in [2.05, 4.69) is 5.32 Å². The summed E-state index contributed by atoms with van der Waals surface area (Å²) >= 11 is 0. The molecule has 0 aliphatic carbocycles. The van der Waals surface area contributed by atoms with Crippen LogP contribution in [0.3, 0.4) is 0 Å². The molecule has 0 aromatic heterocycles. The number of alkyl halides is 1. The zero-order valence-corrected chi connectivity index (χ0v) is 7.26. The Morgan fingerprint density at radius 1 is 1.54 bits per heavy atom. The molecule has 1 aliphatic rings. The molecule has 0 saturated carbocycles. The number of nitrogens with one attached hydrogen (secondary N) is 1. The van der Waals surface area contributed by atoms with Crippen molar-refractivity contribution in [3.8, 4) is 5.75 Å². The zero-order valence-electron chi connectivity index (χ0n) is 7.26. The molecular formula is C10H12FNO. The van der Waals surface area contributed by atoms with Gasteiger partial charge in [-0.1, -0.05) is 12.1 Å². The first-order chi connectivity index (χ1) is 6.33. The molecule has 13 heavy (non-hydrogen) atoms. The number of aromatic hydroxyl groups is 1. The molecule has 3 heteroatoms. The minimum Gasteiger partial charge on any atom is -0.508 e. The highest BCUT2D eigenvalue weighted by Crippen LogP contribution is 2.30. The van der Waals surface area contributed by atoms with E-state index in [-0.39, 0.29) is 11.8 Å². The Morgan fingerprint density at radius 3 is 3.15 bits per heavy atom. The van der Waals surface area contributed by atoms with Gasteiger partial charge in [0.25, 0.3) is 0 Å². The van der Waals surface area contributed by atoms with Crippen LogP contribution in [0.1, 0.15) is 17.2 Å². The first kappa shape index (κ1) is 8.51. The molecule has 0 radical (unpaired) electrons. The van der Waals surface area contributed by atoms with Crippen LogP contribution in [0.5, 0.6) is 5.75 Å². The predicted molar refractivity (Wildman–Crippen MR) is 48.5 cm³/mol. The molecule has 0 fully saturated rings. The third kappa shape index (κ3) is 1.40. The monoisotopic (exact) mass is 181 g/mol. The summed E-state index contributed by atoms with van der Waals surface area (Å²) < 4.78 is 12.6. The van der Waals surface area contributed by atoms with E-state index in [1.807, 2.05) is 6.07 Å². The van der Waals surface area contributed by atoms with E-state index in [4.69, 9.17) is 0 Å². The summed E-state index contributed by atoms with van der Waals surface area (Å²) in [6, 6.07) is 5.02. The van der Waals surface area contributed by atoms with E-state index in [1.165, 1.54) is 0 Å². The second-order valence-corrected chi connectivity index (χ2v) is 3.26. The standard InChI is InChI=1S/C10H12FNO/c11-6-8-10-7(4-5-12-8)2-1-3-9(10)13/h1-3,8,12-13H,4-6H2. The molecule has 1 heterocycles. The number of rotatable bonds is 1. The fraction of sp³-hybridized carbons (Fsp3) is 0.400. The van der Waals surface area contributed by atoms with Crippen LogP contribution in [-0.4, -0.2) is 18.3 Å². The van der Waals surface area contributed by atoms with Crippen molar-refractivity contribution in [2.75, 3.05) is 13.2 Å². The van der Waals surface area contributed by atoms with Gasteiger partial charge in [0.05, 0.1) is 6.04 Å². The minimum atomic E-state index is -0.468. The van der Waals surface area contributed by atoms with Crippen molar-refractivity contribution in [3.63, 3.8) is 0 Å². The largest absolute Gasteiger partial charge is 0.508 e. The molecule has 0 amide bonds. The molecule has 0 bridgehead atoms. The van der Waals surface area contributed by atoms with Crippen molar-refractivity contribution in [1.29, 1.82) is 0 Å². The van der Waals surface area contributed by atoms with Crippen LogP contribution in [0.4, 0.5) is 4.39 Å². The van der Waals surface area contributed by atoms with Gasteiger partial charge in [0, 0.05) is 5.56 Å². The van der Waals surface area contributed by atoms with E-state index in [0.29, 0.717) is 0 Å². The van der Waals surface area contributed by atoms with Crippen molar-refractivity contribution in [2.45, 2.75) is 12.5 Å². The van der Waals surface area contributed by atoms with Crippen LogP contribution >= 0.6 is 0 Å². The number of benzene rings is 1. The molecular weight excluding hydrogens is 169 g/mol. The molecule has 1 aromatic carbocycles. The normalized spacial score (nSPS) is 21.2. The lowest BCUT2D eigenvalue weighted by Crippen LogP contribution is -2.31. The molecule has 1 unspecified atom stereocenters. The predicted octanol–water partition coefficient (Wildman–Crippen LogP) is 1.55. The number of fused-ring (bicyclic) bond motifs is 1. The number of phenolic OH excluding ortho intramolecular Hbond substituents is 1. The maximum absolute atomic E-state index is 12.6. The lowest BCUT2D eigenvalue weighted by atomic mass is 9.94. The topological polar surface area (TPSA) is 32.3 Å². The third-order valence-electron chi connectivity index (χ3n) is 2.46. The van der Waals surface area contributed by atoms with Gasteiger partial charge in [0.15, 0.2) is 0 Å². The average molecular weight is 181 g/mol. The highest BCUT2D eigenvalue weighted by Gasteiger charge is 2.22. The Hall–Kier alpha value is -1.09. The average Bonchev–Trinajstić information content (AvgIpc) is 2.17. The van der Waals surface area contributed by atoms with E-state index in [0.717, 1.165) is 24.1 Å². The van der Waals surface area contributed by atoms with Crippen molar-refractivity contribution in [3.05, 3.63) is 29.3 Å². The van der Waals surface area contributed by atoms with Gasteiger partial charge in [-0.2, -0.15) is 0 Å². The quantitative estimate of drug-likeness (QED) is 0.689. The SMILES string of the molecule is Oc1cccc2c1C(CF)NCC2. The van der Waals surface area contributed by atoms with E-state index >= 15 is 0 Å². The van der Waals surface area contributed by atoms with Crippen molar-refractivity contribution < 1.29 is 9.50 Å². The fourth-order valence-corrected chi connectivity index (χ4v) is 1.83. The molecule has 2 rings (SSSR count). The van der Waals surface area contributed by atoms with Gasteiger partial charge in [-0.05, 0) is 24.6 Å². The second kappa shape index (κ2) is 3.34. The maximum Gasteiger partial charge on any atom is 0.120 e. The van der Waals surface area contributed by atoms with Gasteiger partial charge in [-0.3, -0.25) is 0 Å². The van der Waals surface area contributed by atoms with Gasteiger partial charge in [-0.15, -0.1) is 0 Å². The lowest BCUT2D eigenvalue weighted by Gasteiger charge is -2.25. The van der Waals surface area contributed by atoms with Gasteiger partial charge in [0.2, 0.25) is 0 Å². The van der Waals surface area contributed by atoms with Crippen LogP contribution in [-0.2, 0) is 6.42 Å². The van der Waals surface area contributed by atoms with Crippen LogP contribution in [0, 0.1) is 0 Å². The summed E-state index contributed by atoms with van der Waals surface area (Å²) in [6.07, 6.45) is 0.861. The number of hydrogen-bond donors (Lipinski definition) is 2. The number of hydrogen-bond acceptors (Lipinski definition) is 2. The molecule has 70 valence electrons. The van der Waals surface area contributed by atoms with E-state index < -0.39 is 6.67 Å². The molecule has 1 aliphatic heterocycles. The van der Waals surface area contributed by atoms with E-state index in [1.54, 1.807) is 12.1 Å². The summed E-state index contributed by atoms with van der Waals surface area (Å²) in [5.74, 6) is 0.201. The summed E-state index contributed by atoms with van der Waals surface area (Å²) in [5, 5.41) is 12.6. The van der Waals surface area contributed by atoms with Crippen molar-refractivity contribution in [2.24, 2.45) is 0 Å².